The number of rotatable bonds is 2. The minimum Gasteiger partial charge on any atom is -0.321 e. The van der Waals surface area contributed by atoms with Gasteiger partial charge in [0.2, 0.25) is 0 Å². The quantitative estimate of drug-likeness (QED) is 0.672. The molecule has 0 saturated heterocycles. The molecule has 0 bridgehead atoms. The highest BCUT2D eigenvalue weighted by Crippen LogP contribution is 2.05. The lowest BCUT2D eigenvalue weighted by molar-refractivity contribution is 0.0968. The molecule has 0 saturated carbocycles. The van der Waals surface area contributed by atoms with E-state index in [1.54, 1.807) is 19.1 Å². The van der Waals surface area contributed by atoms with Gasteiger partial charge in [0, 0.05) is 5.56 Å². The second-order valence-corrected chi connectivity index (χ2v) is 3.02. The van der Waals surface area contributed by atoms with Gasteiger partial charge in [-0.2, -0.15) is 0 Å². The molecule has 1 rings (SSSR count). The van der Waals surface area contributed by atoms with Crippen LogP contribution in [0.5, 0.6) is 0 Å². The van der Waals surface area contributed by atoms with Crippen LogP contribution in [0.1, 0.15) is 22.8 Å². The number of benzene rings is 1. The minimum atomic E-state index is -0.410. The van der Waals surface area contributed by atoms with Gasteiger partial charge in [-0.1, -0.05) is 29.8 Å². The van der Waals surface area contributed by atoms with Crippen LogP contribution in [0, 0.1) is 6.92 Å². The molecule has 2 nitrogen and oxygen atoms in total. The molecule has 64 valence electrons. The SMILES string of the molecule is Cc1ccc(C(=O)[C@H](C)N)cc1. The maximum Gasteiger partial charge on any atom is 0.179 e. The molecule has 1 aromatic carbocycles. The van der Waals surface area contributed by atoms with Crippen molar-refractivity contribution in [1.82, 2.24) is 0 Å². The normalized spacial score (nSPS) is 12.6. The number of hydrogen-bond donors (Lipinski definition) is 1. The van der Waals surface area contributed by atoms with Gasteiger partial charge in [0.25, 0.3) is 0 Å². The van der Waals surface area contributed by atoms with Crippen LogP contribution in [-0.4, -0.2) is 11.8 Å². The Bertz CT molecular complexity index is 274. The molecule has 2 N–H and O–H groups in total. The fourth-order valence-electron chi connectivity index (χ4n) is 0.981. The first-order valence-electron chi connectivity index (χ1n) is 3.97. The van der Waals surface area contributed by atoms with Gasteiger partial charge in [-0.15, -0.1) is 0 Å². The van der Waals surface area contributed by atoms with E-state index in [9.17, 15) is 4.79 Å². The Morgan fingerprint density at radius 2 is 1.83 bits per heavy atom. The van der Waals surface area contributed by atoms with Crippen molar-refractivity contribution >= 4 is 5.78 Å². The van der Waals surface area contributed by atoms with Gasteiger partial charge in [-0.3, -0.25) is 4.79 Å². The highest BCUT2D eigenvalue weighted by atomic mass is 16.1. The Morgan fingerprint density at radius 3 is 2.25 bits per heavy atom. The highest BCUT2D eigenvalue weighted by Gasteiger charge is 2.09. The molecule has 2 heteroatoms. The lowest BCUT2D eigenvalue weighted by atomic mass is 10.0. The smallest absolute Gasteiger partial charge is 0.179 e. The summed E-state index contributed by atoms with van der Waals surface area (Å²) in [5, 5.41) is 0. The third kappa shape index (κ3) is 1.92. The fourth-order valence-corrected chi connectivity index (χ4v) is 0.981. The average Bonchev–Trinajstić information content (AvgIpc) is 2.04. The summed E-state index contributed by atoms with van der Waals surface area (Å²) in [5.74, 6) is -0.00463. The summed E-state index contributed by atoms with van der Waals surface area (Å²) in [6, 6.07) is 7.03. The second kappa shape index (κ2) is 3.50. The third-order valence-corrected chi connectivity index (χ3v) is 1.75. The predicted molar refractivity (Wildman–Crippen MR) is 49.2 cm³/mol. The van der Waals surface area contributed by atoms with E-state index in [4.69, 9.17) is 5.73 Å². The lowest BCUT2D eigenvalue weighted by Crippen LogP contribution is -2.26. The first kappa shape index (κ1) is 8.94. The second-order valence-electron chi connectivity index (χ2n) is 3.02. The fraction of sp³-hybridized carbons (Fsp3) is 0.300. The summed E-state index contributed by atoms with van der Waals surface area (Å²) in [6.45, 7) is 3.68. The molecule has 0 radical (unpaired) electrons. The highest BCUT2D eigenvalue weighted by molar-refractivity contribution is 5.99. The van der Waals surface area contributed by atoms with Crippen molar-refractivity contribution in [3.05, 3.63) is 35.4 Å². The zero-order valence-electron chi connectivity index (χ0n) is 7.37. The van der Waals surface area contributed by atoms with Crippen LogP contribution in [0.25, 0.3) is 0 Å². The average molecular weight is 163 g/mol. The molecule has 0 heterocycles. The van der Waals surface area contributed by atoms with Crippen molar-refractivity contribution in [2.24, 2.45) is 5.73 Å². The molecule has 0 aliphatic heterocycles. The molecular formula is C10H13NO. The van der Waals surface area contributed by atoms with Gasteiger partial charge in [0.05, 0.1) is 6.04 Å². The number of hydrogen-bond acceptors (Lipinski definition) is 2. The van der Waals surface area contributed by atoms with E-state index in [0.717, 1.165) is 5.56 Å². The van der Waals surface area contributed by atoms with Crippen molar-refractivity contribution in [1.29, 1.82) is 0 Å². The summed E-state index contributed by atoms with van der Waals surface area (Å²) < 4.78 is 0. The zero-order chi connectivity index (χ0) is 9.14. The molecular weight excluding hydrogens is 150 g/mol. The monoisotopic (exact) mass is 163 g/mol. The predicted octanol–water partition coefficient (Wildman–Crippen LogP) is 1.52. The van der Waals surface area contributed by atoms with Crippen molar-refractivity contribution in [2.75, 3.05) is 0 Å². The van der Waals surface area contributed by atoms with E-state index in [0.29, 0.717) is 5.56 Å². The maximum absolute atomic E-state index is 11.3. The molecule has 0 fully saturated rings. The number of ketones is 1. The first-order chi connectivity index (χ1) is 5.61. The number of carbonyl (C=O) groups excluding carboxylic acids is 1. The number of nitrogens with two attached hydrogens (primary N) is 1. The number of Topliss-reactive ketones (excluding diaryl/α,β-unsaturated/α-hetero) is 1. The van der Waals surface area contributed by atoms with Gasteiger partial charge in [-0.05, 0) is 13.8 Å². The van der Waals surface area contributed by atoms with E-state index in [1.165, 1.54) is 0 Å². The minimum absolute atomic E-state index is 0.00463. The Labute approximate surface area is 72.4 Å². The van der Waals surface area contributed by atoms with E-state index in [1.807, 2.05) is 19.1 Å². The van der Waals surface area contributed by atoms with Crippen LogP contribution < -0.4 is 5.73 Å². The van der Waals surface area contributed by atoms with Crippen LogP contribution in [0.4, 0.5) is 0 Å². The summed E-state index contributed by atoms with van der Waals surface area (Å²) in [5.41, 5.74) is 7.30. The molecule has 0 unspecified atom stereocenters. The summed E-state index contributed by atoms with van der Waals surface area (Å²) >= 11 is 0. The van der Waals surface area contributed by atoms with Crippen LogP contribution in [0.2, 0.25) is 0 Å². The van der Waals surface area contributed by atoms with Crippen molar-refractivity contribution < 1.29 is 4.79 Å². The summed E-state index contributed by atoms with van der Waals surface area (Å²) in [7, 11) is 0. The van der Waals surface area contributed by atoms with E-state index in [-0.39, 0.29) is 5.78 Å². The van der Waals surface area contributed by atoms with E-state index in [2.05, 4.69) is 0 Å². The molecule has 0 aliphatic rings. The van der Waals surface area contributed by atoms with Gasteiger partial charge in [0.15, 0.2) is 5.78 Å². The molecule has 0 amide bonds. The molecule has 0 aliphatic carbocycles. The Hall–Kier alpha value is -1.15. The molecule has 1 atom stereocenters. The maximum atomic E-state index is 11.3. The zero-order valence-corrected chi connectivity index (χ0v) is 7.37. The number of carbonyl (C=O) groups is 1. The van der Waals surface area contributed by atoms with Gasteiger partial charge < -0.3 is 5.73 Å². The summed E-state index contributed by atoms with van der Waals surface area (Å²) in [4.78, 5) is 11.3. The lowest BCUT2D eigenvalue weighted by Gasteiger charge is -2.03. The van der Waals surface area contributed by atoms with E-state index >= 15 is 0 Å². The van der Waals surface area contributed by atoms with Crippen LogP contribution in [0.15, 0.2) is 24.3 Å². The third-order valence-electron chi connectivity index (χ3n) is 1.75. The van der Waals surface area contributed by atoms with Crippen LogP contribution in [0.3, 0.4) is 0 Å². The van der Waals surface area contributed by atoms with Gasteiger partial charge in [0.1, 0.15) is 0 Å². The van der Waals surface area contributed by atoms with Crippen LogP contribution >= 0.6 is 0 Å². The molecule has 0 spiro atoms. The largest absolute Gasteiger partial charge is 0.321 e. The Balaban J connectivity index is 2.90. The molecule has 1 aromatic rings. The molecule has 0 aromatic heterocycles. The first-order valence-corrected chi connectivity index (χ1v) is 3.97. The van der Waals surface area contributed by atoms with E-state index < -0.39 is 6.04 Å². The Morgan fingerprint density at radius 1 is 1.33 bits per heavy atom. The number of aryl methyl sites for hydroxylation is 1. The van der Waals surface area contributed by atoms with Crippen molar-refractivity contribution in [2.45, 2.75) is 19.9 Å². The van der Waals surface area contributed by atoms with Crippen molar-refractivity contribution in [3.8, 4) is 0 Å². The van der Waals surface area contributed by atoms with Gasteiger partial charge >= 0.3 is 0 Å². The molecule has 12 heavy (non-hydrogen) atoms. The van der Waals surface area contributed by atoms with Crippen molar-refractivity contribution in [3.63, 3.8) is 0 Å². The Kier molecular flexibility index (Phi) is 2.61. The topological polar surface area (TPSA) is 43.1 Å². The standard InChI is InChI=1S/C10H13NO/c1-7-3-5-9(6-4-7)10(12)8(2)11/h3-6,8H,11H2,1-2H3/t8-/m0/s1. The summed E-state index contributed by atoms with van der Waals surface area (Å²) in [6.07, 6.45) is 0. The van der Waals surface area contributed by atoms with Crippen LogP contribution in [-0.2, 0) is 0 Å². The van der Waals surface area contributed by atoms with Gasteiger partial charge in [-0.25, -0.2) is 0 Å².